The summed E-state index contributed by atoms with van der Waals surface area (Å²) in [5, 5.41) is 4.34. The number of halogens is 1. The number of nitrogens with one attached hydrogen (secondary N) is 1. The lowest BCUT2D eigenvalue weighted by molar-refractivity contribution is 0.0543. The van der Waals surface area contributed by atoms with Crippen molar-refractivity contribution < 1.29 is 4.74 Å². The summed E-state index contributed by atoms with van der Waals surface area (Å²) in [7, 11) is 0. The minimum Gasteiger partial charge on any atom is -0.381 e. The van der Waals surface area contributed by atoms with Crippen LogP contribution < -0.4 is 10.2 Å². The molecule has 1 N–H and O–H groups in total. The van der Waals surface area contributed by atoms with Gasteiger partial charge in [-0.05, 0) is 43.4 Å². The van der Waals surface area contributed by atoms with Gasteiger partial charge in [-0.15, -0.1) is 0 Å². The molecule has 2 aromatic rings. The topological polar surface area (TPSA) is 50.3 Å². The molecule has 4 rings (SSSR count). The minimum absolute atomic E-state index is 0.0433. The molecule has 0 spiro atoms. The van der Waals surface area contributed by atoms with Crippen LogP contribution in [0.5, 0.6) is 0 Å². The van der Waals surface area contributed by atoms with E-state index in [2.05, 4.69) is 38.4 Å². The van der Waals surface area contributed by atoms with Crippen LogP contribution in [0, 0.1) is 0 Å². The third-order valence-electron chi connectivity index (χ3n) is 5.60. The Morgan fingerprint density at radius 1 is 1.08 bits per heavy atom. The zero-order valence-corrected chi connectivity index (χ0v) is 15.7. The monoisotopic (exact) mass is 372 g/mol. The lowest BCUT2D eigenvalue weighted by atomic mass is 9.74. The first-order valence-electron chi connectivity index (χ1n) is 9.40. The lowest BCUT2D eigenvalue weighted by Crippen LogP contribution is -2.40. The zero-order valence-electron chi connectivity index (χ0n) is 15.0. The first kappa shape index (κ1) is 17.6. The maximum atomic E-state index is 6.09. The van der Waals surface area contributed by atoms with Crippen LogP contribution in [0.2, 0.25) is 5.02 Å². The zero-order chi connectivity index (χ0) is 17.8. The van der Waals surface area contributed by atoms with E-state index < -0.39 is 0 Å². The third kappa shape index (κ3) is 3.79. The van der Waals surface area contributed by atoms with Crippen LogP contribution in [-0.4, -0.2) is 42.8 Å². The van der Waals surface area contributed by atoms with Gasteiger partial charge < -0.3 is 15.0 Å². The summed E-state index contributed by atoms with van der Waals surface area (Å²) in [4.78, 5) is 11.2. The average Bonchev–Trinajstić information content (AvgIpc) is 3.23. The fourth-order valence-electron chi connectivity index (χ4n) is 3.96. The number of hydrogen-bond acceptors (Lipinski definition) is 5. The van der Waals surface area contributed by atoms with Crippen LogP contribution >= 0.6 is 11.6 Å². The van der Waals surface area contributed by atoms with Gasteiger partial charge >= 0.3 is 0 Å². The van der Waals surface area contributed by atoms with Crippen molar-refractivity contribution in [1.82, 2.24) is 9.97 Å². The number of anilines is 2. The van der Waals surface area contributed by atoms with Gasteiger partial charge in [0, 0.05) is 49.4 Å². The molecule has 0 atom stereocenters. The SMILES string of the molecule is Clc1ccc(C2(CNc3cc(N4CCCC4)ncn3)CCOCC2)cc1. The Morgan fingerprint density at radius 3 is 2.54 bits per heavy atom. The molecule has 0 saturated carbocycles. The molecule has 2 fully saturated rings. The van der Waals surface area contributed by atoms with Crippen LogP contribution in [-0.2, 0) is 10.2 Å². The molecule has 0 aliphatic carbocycles. The van der Waals surface area contributed by atoms with E-state index in [1.165, 1.54) is 18.4 Å². The van der Waals surface area contributed by atoms with Crippen LogP contribution in [0.25, 0.3) is 0 Å². The molecule has 2 aliphatic rings. The van der Waals surface area contributed by atoms with E-state index in [-0.39, 0.29) is 5.41 Å². The molecule has 0 amide bonds. The first-order chi connectivity index (χ1) is 12.8. The summed E-state index contributed by atoms with van der Waals surface area (Å²) in [6.07, 6.45) is 6.13. The van der Waals surface area contributed by atoms with E-state index in [0.717, 1.165) is 62.3 Å². The van der Waals surface area contributed by atoms with Gasteiger partial charge in [0.2, 0.25) is 0 Å². The summed E-state index contributed by atoms with van der Waals surface area (Å²) in [6.45, 7) is 4.57. The Hall–Kier alpha value is -1.85. The van der Waals surface area contributed by atoms with Crippen molar-refractivity contribution >= 4 is 23.2 Å². The highest BCUT2D eigenvalue weighted by Gasteiger charge is 2.34. The van der Waals surface area contributed by atoms with Gasteiger partial charge in [0.25, 0.3) is 0 Å². The Labute approximate surface area is 159 Å². The molecule has 26 heavy (non-hydrogen) atoms. The fourth-order valence-corrected chi connectivity index (χ4v) is 4.08. The molecule has 5 nitrogen and oxygen atoms in total. The lowest BCUT2D eigenvalue weighted by Gasteiger charge is -2.38. The number of hydrogen-bond donors (Lipinski definition) is 1. The maximum Gasteiger partial charge on any atom is 0.134 e. The largest absolute Gasteiger partial charge is 0.381 e. The van der Waals surface area contributed by atoms with Crippen LogP contribution in [0.15, 0.2) is 36.7 Å². The average molecular weight is 373 g/mol. The fraction of sp³-hybridized carbons (Fsp3) is 0.500. The highest BCUT2D eigenvalue weighted by Crippen LogP contribution is 2.35. The van der Waals surface area contributed by atoms with E-state index >= 15 is 0 Å². The molecule has 1 aromatic heterocycles. The molecular formula is C20H25ClN4O. The van der Waals surface area contributed by atoms with Crippen molar-refractivity contribution in [3.63, 3.8) is 0 Å². The van der Waals surface area contributed by atoms with Crippen molar-refractivity contribution in [2.75, 3.05) is 43.1 Å². The van der Waals surface area contributed by atoms with E-state index in [1.807, 2.05) is 12.1 Å². The van der Waals surface area contributed by atoms with Gasteiger partial charge in [-0.2, -0.15) is 0 Å². The second-order valence-electron chi connectivity index (χ2n) is 7.21. The quantitative estimate of drug-likeness (QED) is 0.862. The molecular weight excluding hydrogens is 348 g/mol. The number of nitrogens with zero attached hydrogens (tertiary/aromatic N) is 3. The molecule has 2 aliphatic heterocycles. The number of benzene rings is 1. The maximum absolute atomic E-state index is 6.09. The van der Waals surface area contributed by atoms with Gasteiger partial charge in [0.15, 0.2) is 0 Å². The molecule has 1 aromatic carbocycles. The molecule has 3 heterocycles. The van der Waals surface area contributed by atoms with E-state index in [9.17, 15) is 0 Å². The van der Waals surface area contributed by atoms with Crippen molar-refractivity contribution in [2.45, 2.75) is 31.1 Å². The molecule has 2 saturated heterocycles. The van der Waals surface area contributed by atoms with Crippen LogP contribution in [0.4, 0.5) is 11.6 Å². The molecule has 0 bridgehead atoms. The number of ether oxygens (including phenoxy) is 1. The first-order valence-corrected chi connectivity index (χ1v) is 9.78. The summed E-state index contributed by atoms with van der Waals surface area (Å²) >= 11 is 6.09. The van der Waals surface area contributed by atoms with Crippen molar-refractivity contribution in [2.24, 2.45) is 0 Å². The van der Waals surface area contributed by atoms with E-state index in [4.69, 9.17) is 16.3 Å². The summed E-state index contributed by atoms with van der Waals surface area (Å²) in [5.74, 6) is 1.91. The minimum atomic E-state index is 0.0433. The summed E-state index contributed by atoms with van der Waals surface area (Å²) in [5.41, 5.74) is 1.35. The summed E-state index contributed by atoms with van der Waals surface area (Å²) < 4.78 is 5.62. The predicted molar refractivity (Wildman–Crippen MR) is 105 cm³/mol. The third-order valence-corrected chi connectivity index (χ3v) is 5.85. The molecule has 6 heteroatoms. The van der Waals surface area contributed by atoms with Crippen molar-refractivity contribution in [3.8, 4) is 0 Å². The number of aromatic nitrogens is 2. The molecule has 0 radical (unpaired) electrons. The highest BCUT2D eigenvalue weighted by atomic mass is 35.5. The van der Waals surface area contributed by atoms with Gasteiger partial charge in [-0.3, -0.25) is 0 Å². The number of rotatable bonds is 5. The van der Waals surface area contributed by atoms with Gasteiger partial charge in [-0.1, -0.05) is 23.7 Å². The summed E-state index contributed by atoms with van der Waals surface area (Å²) in [6, 6.07) is 10.3. The van der Waals surface area contributed by atoms with Gasteiger partial charge in [-0.25, -0.2) is 9.97 Å². The van der Waals surface area contributed by atoms with Crippen LogP contribution in [0.3, 0.4) is 0 Å². The highest BCUT2D eigenvalue weighted by molar-refractivity contribution is 6.30. The second-order valence-corrected chi connectivity index (χ2v) is 7.65. The standard InChI is InChI=1S/C20H25ClN4O/c21-17-5-3-16(4-6-17)20(7-11-26-12-8-20)14-22-18-13-19(24-15-23-18)25-9-1-2-10-25/h3-6,13,15H,1-2,7-12,14H2,(H,22,23,24). The van der Waals surface area contributed by atoms with Crippen LogP contribution in [0.1, 0.15) is 31.2 Å². The normalized spacial score (nSPS) is 19.5. The Bertz CT molecular complexity index is 725. The van der Waals surface area contributed by atoms with Crippen molar-refractivity contribution in [3.05, 3.63) is 47.2 Å². The van der Waals surface area contributed by atoms with Gasteiger partial charge in [0.1, 0.15) is 18.0 Å². The Kier molecular flexibility index (Phi) is 5.27. The molecule has 138 valence electrons. The predicted octanol–water partition coefficient (Wildman–Crippen LogP) is 3.89. The van der Waals surface area contributed by atoms with E-state index in [0.29, 0.717) is 0 Å². The Balaban J connectivity index is 1.51. The van der Waals surface area contributed by atoms with E-state index in [1.54, 1.807) is 6.33 Å². The second kappa shape index (κ2) is 7.80. The molecule has 0 unspecified atom stereocenters. The van der Waals surface area contributed by atoms with Crippen molar-refractivity contribution in [1.29, 1.82) is 0 Å². The van der Waals surface area contributed by atoms with Gasteiger partial charge in [0.05, 0.1) is 0 Å². The smallest absolute Gasteiger partial charge is 0.134 e. The Morgan fingerprint density at radius 2 is 1.81 bits per heavy atom.